The van der Waals surface area contributed by atoms with Gasteiger partial charge in [0.25, 0.3) is 0 Å². The molecule has 2 aromatic rings. The highest BCUT2D eigenvalue weighted by atomic mass is 35.5. The van der Waals surface area contributed by atoms with Crippen molar-refractivity contribution in [3.05, 3.63) is 69.5 Å². The first-order valence-electron chi connectivity index (χ1n) is 5.88. The van der Waals surface area contributed by atoms with Gasteiger partial charge in [-0.15, -0.1) is 0 Å². The van der Waals surface area contributed by atoms with E-state index >= 15 is 0 Å². The molecule has 0 aliphatic heterocycles. The molecule has 0 fully saturated rings. The van der Waals surface area contributed by atoms with Gasteiger partial charge in [0.15, 0.2) is 0 Å². The standard InChI is InChI=1S/C15H14Cl2FN/c1-15(19,10-5-7-11(18)8-6-10)9-12-13(16)3-2-4-14(12)17/h2-8H,9,19H2,1H3. The van der Waals surface area contributed by atoms with Crippen LogP contribution in [0.2, 0.25) is 10.0 Å². The molecule has 1 nitrogen and oxygen atoms in total. The molecule has 1 atom stereocenters. The molecule has 0 aliphatic rings. The van der Waals surface area contributed by atoms with Gasteiger partial charge < -0.3 is 5.73 Å². The number of nitrogens with two attached hydrogens (primary N) is 1. The van der Waals surface area contributed by atoms with E-state index in [2.05, 4.69) is 0 Å². The van der Waals surface area contributed by atoms with Gasteiger partial charge in [0, 0.05) is 15.6 Å². The van der Waals surface area contributed by atoms with E-state index in [0.717, 1.165) is 11.1 Å². The first-order valence-corrected chi connectivity index (χ1v) is 6.63. The minimum Gasteiger partial charge on any atom is -0.321 e. The Bertz CT molecular complexity index is 559. The number of hydrogen-bond acceptors (Lipinski definition) is 1. The summed E-state index contributed by atoms with van der Waals surface area (Å²) in [6, 6.07) is 11.5. The van der Waals surface area contributed by atoms with Crippen molar-refractivity contribution in [1.82, 2.24) is 0 Å². The molecule has 0 bridgehead atoms. The predicted octanol–water partition coefficient (Wildman–Crippen LogP) is 4.55. The van der Waals surface area contributed by atoms with Crippen molar-refractivity contribution >= 4 is 23.2 Å². The third kappa shape index (κ3) is 3.27. The second-order valence-electron chi connectivity index (χ2n) is 4.80. The molecule has 0 spiro atoms. The van der Waals surface area contributed by atoms with Gasteiger partial charge in [-0.1, -0.05) is 41.4 Å². The van der Waals surface area contributed by atoms with Gasteiger partial charge in [-0.3, -0.25) is 0 Å². The van der Waals surface area contributed by atoms with Crippen LogP contribution in [0.1, 0.15) is 18.1 Å². The monoisotopic (exact) mass is 297 g/mol. The van der Waals surface area contributed by atoms with Gasteiger partial charge in [0.2, 0.25) is 0 Å². The minimum absolute atomic E-state index is 0.282. The molecule has 19 heavy (non-hydrogen) atoms. The Labute approximate surface area is 122 Å². The highest BCUT2D eigenvalue weighted by Gasteiger charge is 2.24. The summed E-state index contributed by atoms with van der Waals surface area (Å²) < 4.78 is 12.9. The first kappa shape index (κ1) is 14.3. The van der Waals surface area contributed by atoms with Crippen LogP contribution in [-0.2, 0) is 12.0 Å². The van der Waals surface area contributed by atoms with Crippen LogP contribution in [0.5, 0.6) is 0 Å². The zero-order chi connectivity index (χ0) is 14.0. The Morgan fingerprint density at radius 2 is 1.58 bits per heavy atom. The maximum absolute atomic E-state index is 12.9. The maximum atomic E-state index is 12.9. The van der Waals surface area contributed by atoms with Crippen LogP contribution in [0.15, 0.2) is 42.5 Å². The molecule has 100 valence electrons. The summed E-state index contributed by atoms with van der Waals surface area (Å²) >= 11 is 12.3. The van der Waals surface area contributed by atoms with E-state index < -0.39 is 5.54 Å². The second-order valence-corrected chi connectivity index (χ2v) is 5.62. The fraction of sp³-hybridized carbons (Fsp3) is 0.200. The molecule has 1 unspecified atom stereocenters. The molecule has 2 aromatic carbocycles. The van der Waals surface area contributed by atoms with E-state index in [1.807, 2.05) is 6.92 Å². The van der Waals surface area contributed by atoms with Crippen molar-refractivity contribution in [2.24, 2.45) is 5.73 Å². The Morgan fingerprint density at radius 3 is 2.11 bits per heavy atom. The molecule has 0 saturated carbocycles. The Kier molecular flexibility index (Phi) is 4.14. The molecular weight excluding hydrogens is 284 g/mol. The highest BCUT2D eigenvalue weighted by molar-refractivity contribution is 6.36. The molecule has 2 rings (SSSR count). The van der Waals surface area contributed by atoms with Crippen molar-refractivity contribution < 1.29 is 4.39 Å². The zero-order valence-corrected chi connectivity index (χ0v) is 12.0. The Hall–Kier alpha value is -1.09. The molecular formula is C15H14Cl2FN. The van der Waals surface area contributed by atoms with Crippen molar-refractivity contribution in [2.75, 3.05) is 0 Å². The number of benzene rings is 2. The van der Waals surface area contributed by atoms with Gasteiger partial charge in [0.05, 0.1) is 0 Å². The number of halogens is 3. The summed E-state index contributed by atoms with van der Waals surface area (Å²) in [5, 5.41) is 1.18. The average molecular weight is 298 g/mol. The lowest BCUT2D eigenvalue weighted by atomic mass is 9.86. The molecule has 4 heteroatoms. The third-order valence-electron chi connectivity index (χ3n) is 3.11. The van der Waals surface area contributed by atoms with E-state index in [0.29, 0.717) is 16.5 Å². The SMILES string of the molecule is CC(N)(Cc1c(Cl)cccc1Cl)c1ccc(F)cc1. The van der Waals surface area contributed by atoms with E-state index in [4.69, 9.17) is 28.9 Å². The normalized spacial score (nSPS) is 14.2. The summed E-state index contributed by atoms with van der Waals surface area (Å²) in [6.07, 6.45) is 0.483. The molecule has 2 N–H and O–H groups in total. The van der Waals surface area contributed by atoms with Crippen LogP contribution >= 0.6 is 23.2 Å². The highest BCUT2D eigenvalue weighted by Crippen LogP contribution is 2.31. The summed E-state index contributed by atoms with van der Waals surface area (Å²) in [6.45, 7) is 1.87. The Morgan fingerprint density at radius 1 is 1.05 bits per heavy atom. The molecule has 0 aliphatic carbocycles. The van der Waals surface area contributed by atoms with Crippen LogP contribution in [0.3, 0.4) is 0 Å². The quantitative estimate of drug-likeness (QED) is 0.884. The van der Waals surface area contributed by atoms with E-state index in [-0.39, 0.29) is 5.82 Å². The number of rotatable bonds is 3. The molecule has 0 aromatic heterocycles. The summed E-state index contributed by atoms with van der Waals surface area (Å²) in [5.74, 6) is -0.282. The lowest BCUT2D eigenvalue weighted by Gasteiger charge is -2.26. The summed E-state index contributed by atoms with van der Waals surface area (Å²) in [4.78, 5) is 0. The van der Waals surface area contributed by atoms with Gasteiger partial charge in [-0.05, 0) is 48.7 Å². The predicted molar refractivity (Wildman–Crippen MR) is 78.1 cm³/mol. The van der Waals surface area contributed by atoms with E-state index in [1.54, 1.807) is 30.3 Å². The van der Waals surface area contributed by atoms with Gasteiger partial charge >= 0.3 is 0 Å². The molecule has 0 amide bonds. The largest absolute Gasteiger partial charge is 0.321 e. The molecule has 0 saturated heterocycles. The van der Waals surface area contributed by atoms with Crippen LogP contribution in [0.25, 0.3) is 0 Å². The maximum Gasteiger partial charge on any atom is 0.123 e. The fourth-order valence-corrected chi connectivity index (χ4v) is 2.53. The lowest BCUT2D eigenvalue weighted by molar-refractivity contribution is 0.490. The minimum atomic E-state index is -0.664. The van der Waals surface area contributed by atoms with Crippen LogP contribution < -0.4 is 5.73 Å². The van der Waals surface area contributed by atoms with Crippen LogP contribution in [-0.4, -0.2) is 0 Å². The van der Waals surface area contributed by atoms with Crippen molar-refractivity contribution in [2.45, 2.75) is 18.9 Å². The van der Waals surface area contributed by atoms with E-state index in [9.17, 15) is 4.39 Å². The molecule has 0 radical (unpaired) electrons. The van der Waals surface area contributed by atoms with Crippen molar-refractivity contribution in [3.63, 3.8) is 0 Å². The van der Waals surface area contributed by atoms with Gasteiger partial charge in [-0.25, -0.2) is 4.39 Å². The lowest BCUT2D eigenvalue weighted by Crippen LogP contribution is -2.35. The van der Waals surface area contributed by atoms with Crippen molar-refractivity contribution in [3.8, 4) is 0 Å². The fourth-order valence-electron chi connectivity index (χ4n) is 2.00. The van der Waals surface area contributed by atoms with Gasteiger partial charge in [-0.2, -0.15) is 0 Å². The summed E-state index contributed by atoms with van der Waals surface area (Å²) in [5.41, 5.74) is 7.30. The van der Waals surface area contributed by atoms with E-state index in [1.165, 1.54) is 12.1 Å². The topological polar surface area (TPSA) is 26.0 Å². The average Bonchev–Trinajstić information content (AvgIpc) is 2.35. The summed E-state index contributed by atoms with van der Waals surface area (Å²) in [7, 11) is 0. The molecule has 0 heterocycles. The Balaban J connectivity index is 2.33. The zero-order valence-electron chi connectivity index (χ0n) is 10.5. The third-order valence-corrected chi connectivity index (χ3v) is 3.82. The van der Waals surface area contributed by atoms with Crippen LogP contribution in [0.4, 0.5) is 4.39 Å². The van der Waals surface area contributed by atoms with Gasteiger partial charge in [0.1, 0.15) is 5.82 Å². The van der Waals surface area contributed by atoms with Crippen molar-refractivity contribution in [1.29, 1.82) is 0 Å². The smallest absolute Gasteiger partial charge is 0.123 e. The first-order chi connectivity index (χ1) is 8.90. The second kappa shape index (κ2) is 5.49. The van der Waals surface area contributed by atoms with Crippen LogP contribution in [0, 0.1) is 5.82 Å². The number of hydrogen-bond donors (Lipinski definition) is 1.